The number of halogens is 1. The first-order chi connectivity index (χ1) is 11.2. The quantitative estimate of drug-likeness (QED) is 0.373. The number of nitrogens with one attached hydrogen (secondary N) is 1. The lowest BCUT2D eigenvalue weighted by Gasteiger charge is -2.20. The molecule has 8 heteroatoms. The number of nitrogens with zero attached hydrogens (tertiary/aromatic N) is 5. The third-order valence-electron chi connectivity index (χ3n) is 3.48. The van der Waals surface area contributed by atoms with E-state index in [1.54, 1.807) is 18.4 Å². The molecule has 6 nitrogen and oxygen atoms in total. The maximum atomic E-state index is 4.58. The molecule has 3 heterocycles. The number of fused-ring (bicyclic) bond motifs is 1. The lowest BCUT2D eigenvalue weighted by atomic mass is 10.4. The van der Waals surface area contributed by atoms with Crippen LogP contribution in [0.4, 0.5) is 0 Å². The molecular weight excluding hydrogens is 435 g/mol. The van der Waals surface area contributed by atoms with Crippen molar-refractivity contribution in [3.05, 3.63) is 52.4 Å². The summed E-state index contributed by atoms with van der Waals surface area (Å²) in [6.07, 6.45) is 4.02. The largest absolute Gasteiger partial charge is 0.351 e. The molecule has 0 radical (unpaired) electrons. The Balaban J connectivity index is 0.00000208. The molecule has 0 bridgehead atoms. The van der Waals surface area contributed by atoms with Gasteiger partial charge in [0.15, 0.2) is 5.96 Å². The summed E-state index contributed by atoms with van der Waals surface area (Å²) in [5, 5.41) is 6.52. The van der Waals surface area contributed by atoms with Crippen LogP contribution < -0.4 is 5.32 Å². The molecular formula is C16H21IN6S. The molecule has 3 rings (SSSR count). The highest BCUT2D eigenvalue weighted by molar-refractivity contribution is 14.0. The summed E-state index contributed by atoms with van der Waals surface area (Å²) >= 11 is 1.67. The maximum absolute atomic E-state index is 4.58. The molecule has 0 aliphatic heterocycles. The fraction of sp³-hybridized carbons (Fsp3) is 0.312. The first kappa shape index (κ1) is 18.7. The zero-order valence-electron chi connectivity index (χ0n) is 13.9. The Hall–Kier alpha value is -1.68. The second kappa shape index (κ2) is 8.43. The van der Waals surface area contributed by atoms with Crippen molar-refractivity contribution in [1.29, 1.82) is 0 Å². The number of aromatic nitrogens is 3. The van der Waals surface area contributed by atoms with Crippen molar-refractivity contribution < 1.29 is 0 Å². The van der Waals surface area contributed by atoms with Crippen LogP contribution in [0, 0.1) is 6.92 Å². The third-order valence-corrected chi connectivity index (χ3v) is 4.30. The van der Waals surface area contributed by atoms with Crippen molar-refractivity contribution >= 4 is 46.9 Å². The average molecular weight is 456 g/mol. The number of thiazole rings is 1. The molecule has 0 saturated heterocycles. The van der Waals surface area contributed by atoms with Crippen LogP contribution >= 0.6 is 35.3 Å². The molecule has 0 aromatic carbocycles. The van der Waals surface area contributed by atoms with E-state index >= 15 is 0 Å². The Kier molecular flexibility index (Phi) is 6.55. The normalized spacial score (nSPS) is 11.4. The van der Waals surface area contributed by atoms with Gasteiger partial charge in [0.25, 0.3) is 0 Å². The minimum atomic E-state index is 0. The van der Waals surface area contributed by atoms with Crippen molar-refractivity contribution in [2.45, 2.75) is 20.0 Å². The molecule has 0 amide bonds. The van der Waals surface area contributed by atoms with Crippen LogP contribution in [0.15, 0.2) is 41.0 Å². The van der Waals surface area contributed by atoms with Gasteiger partial charge in [0.05, 0.1) is 29.5 Å². The standard InChI is InChI=1S/C16H20N6S.HI/c1-12-19-14(11-23-12)9-21(3)16(17-2)18-8-13-10-22-7-5-4-6-15(22)20-13;/h4-7,10-11H,8-9H2,1-3H3,(H,17,18);1H. The van der Waals surface area contributed by atoms with Gasteiger partial charge in [0.1, 0.15) is 5.65 Å². The Morgan fingerprint density at radius 2 is 2.17 bits per heavy atom. The predicted octanol–water partition coefficient (Wildman–Crippen LogP) is 2.92. The number of pyridine rings is 1. The summed E-state index contributed by atoms with van der Waals surface area (Å²) < 4.78 is 2.02. The number of rotatable bonds is 4. The zero-order valence-corrected chi connectivity index (χ0v) is 17.1. The van der Waals surface area contributed by atoms with Gasteiger partial charge in [-0.05, 0) is 19.1 Å². The van der Waals surface area contributed by atoms with Gasteiger partial charge in [0.2, 0.25) is 0 Å². The second-order valence-corrected chi connectivity index (χ2v) is 6.38. The molecule has 0 aliphatic rings. The first-order valence-electron chi connectivity index (χ1n) is 7.41. The van der Waals surface area contributed by atoms with Crippen LogP contribution in [0.1, 0.15) is 16.4 Å². The van der Waals surface area contributed by atoms with Crippen LogP contribution in [-0.2, 0) is 13.1 Å². The van der Waals surface area contributed by atoms with Gasteiger partial charge in [-0.25, -0.2) is 9.97 Å². The zero-order chi connectivity index (χ0) is 16.2. The van der Waals surface area contributed by atoms with E-state index in [9.17, 15) is 0 Å². The number of aliphatic imine (C=N–C) groups is 1. The van der Waals surface area contributed by atoms with Crippen molar-refractivity contribution in [2.24, 2.45) is 4.99 Å². The summed E-state index contributed by atoms with van der Waals surface area (Å²) in [6, 6.07) is 5.98. The van der Waals surface area contributed by atoms with Crippen molar-refractivity contribution in [2.75, 3.05) is 14.1 Å². The van der Waals surface area contributed by atoms with Gasteiger partial charge >= 0.3 is 0 Å². The van der Waals surface area contributed by atoms with Gasteiger partial charge in [0, 0.05) is 31.9 Å². The summed E-state index contributed by atoms with van der Waals surface area (Å²) in [5.74, 6) is 0.827. The van der Waals surface area contributed by atoms with E-state index in [2.05, 4.69) is 30.6 Å². The van der Waals surface area contributed by atoms with Gasteiger partial charge in [-0.3, -0.25) is 4.99 Å². The summed E-state index contributed by atoms with van der Waals surface area (Å²) in [7, 11) is 3.79. The number of guanidine groups is 1. The highest BCUT2D eigenvalue weighted by atomic mass is 127. The SMILES string of the molecule is CN=C(NCc1cn2ccccc2n1)N(C)Cc1csc(C)n1.I. The van der Waals surface area contributed by atoms with E-state index in [-0.39, 0.29) is 24.0 Å². The molecule has 0 atom stereocenters. The minimum Gasteiger partial charge on any atom is -0.351 e. The highest BCUT2D eigenvalue weighted by Crippen LogP contribution is 2.10. The average Bonchev–Trinajstić information content (AvgIpc) is 3.13. The van der Waals surface area contributed by atoms with Crippen LogP contribution in [0.25, 0.3) is 5.65 Å². The summed E-state index contributed by atoms with van der Waals surface area (Å²) in [4.78, 5) is 15.5. The second-order valence-electron chi connectivity index (χ2n) is 5.31. The van der Waals surface area contributed by atoms with E-state index in [0.717, 1.165) is 34.5 Å². The fourth-order valence-electron chi connectivity index (χ4n) is 2.43. The molecule has 0 fully saturated rings. The van der Waals surface area contributed by atoms with E-state index in [4.69, 9.17) is 0 Å². The molecule has 3 aromatic heterocycles. The van der Waals surface area contributed by atoms with Crippen molar-refractivity contribution in [1.82, 2.24) is 24.6 Å². The molecule has 0 spiro atoms. The lowest BCUT2D eigenvalue weighted by Crippen LogP contribution is -2.38. The summed E-state index contributed by atoms with van der Waals surface area (Å²) in [5.41, 5.74) is 2.99. The van der Waals surface area contributed by atoms with Crippen LogP contribution in [0.5, 0.6) is 0 Å². The number of imidazole rings is 1. The fourth-order valence-corrected chi connectivity index (χ4v) is 3.03. The minimum absolute atomic E-state index is 0. The molecule has 128 valence electrons. The van der Waals surface area contributed by atoms with Crippen molar-refractivity contribution in [3.8, 4) is 0 Å². The molecule has 1 N–H and O–H groups in total. The number of hydrogen-bond donors (Lipinski definition) is 1. The van der Waals surface area contributed by atoms with E-state index in [1.807, 2.05) is 49.0 Å². The van der Waals surface area contributed by atoms with Gasteiger partial charge < -0.3 is 14.6 Å². The smallest absolute Gasteiger partial charge is 0.194 e. The van der Waals surface area contributed by atoms with Gasteiger partial charge in [-0.1, -0.05) is 6.07 Å². The molecule has 0 aliphatic carbocycles. The first-order valence-corrected chi connectivity index (χ1v) is 8.29. The number of hydrogen-bond acceptors (Lipinski definition) is 4. The molecule has 0 unspecified atom stereocenters. The molecule has 24 heavy (non-hydrogen) atoms. The Morgan fingerprint density at radius 1 is 1.33 bits per heavy atom. The van der Waals surface area contributed by atoms with E-state index in [0.29, 0.717) is 6.54 Å². The predicted molar refractivity (Wildman–Crippen MR) is 109 cm³/mol. The van der Waals surface area contributed by atoms with E-state index in [1.165, 1.54) is 0 Å². The Labute approximate surface area is 162 Å². The Morgan fingerprint density at radius 3 is 2.83 bits per heavy atom. The van der Waals surface area contributed by atoms with Crippen LogP contribution in [0.3, 0.4) is 0 Å². The maximum Gasteiger partial charge on any atom is 0.194 e. The number of aryl methyl sites for hydroxylation is 1. The van der Waals surface area contributed by atoms with Crippen LogP contribution in [-0.4, -0.2) is 39.3 Å². The van der Waals surface area contributed by atoms with Gasteiger partial charge in [-0.15, -0.1) is 35.3 Å². The molecule has 0 saturated carbocycles. The topological polar surface area (TPSA) is 57.8 Å². The summed E-state index contributed by atoms with van der Waals surface area (Å²) in [6.45, 7) is 3.38. The monoisotopic (exact) mass is 456 g/mol. The van der Waals surface area contributed by atoms with E-state index < -0.39 is 0 Å². The van der Waals surface area contributed by atoms with Crippen molar-refractivity contribution in [3.63, 3.8) is 0 Å². The van der Waals surface area contributed by atoms with Gasteiger partial charge in [-0.2, -0.15) is 0 Å². The van der Waals surface area contributed by atoms with Crippen LogP contribution in [0.2, 0.25) is 0 Å². The molecule has 3 aromatic rings. The highest BCUT2D eigenvalue weighted by Gasteiger charge is 2.09. The Bertz CT molecular complexity index is 792. The third kappa shape index (κ3) is 4.44. The lowest BCUT2D eigenvalue weighted by molar-refractivity contribution is 0.470.